The van der Waals surface area contributed by atoms with Gasteiger partial charge in [-0.15, -0.1) is 0 Å². The number of anilines is 1. The summed E-state index contributed by atoms with van der Waals surface area (Å²) >= 11 is 0. The number of carbonyl (C=O) groups excluding carboxylic acids is 2. The number of aromatic nitrogens is 2. The molecular formula is C23H26N6O2. The zero-order valence-corrected chi connectivity index (χ0v) is 17.5. The molecule has 1 aromatic heterocycles. The first-order valence-corrected chi connectivity index (χ1v) is 10.4. The second kappa shape index (κ2) is 9.09. The van der Waals surface area contributed by atoms with Gasteiger partial charge >= 0.3 is 0 Å². The second-order valence-electron chi connectivity index (χ2n) is 7.72. The Hall–Kier alpha value is -3.52. The van der Waals surface area contributed by atoms with Crippen LogP contribution in [0.3, 0.4) is 0 Å². The fourth-order valence-electron chi connectivity index (χ4n) is 3.71. The van der Waals surface area contributed by atoms with Crippen LogP contribution in [0.4, 0.5) is 5.82 Å². The minimum absolute atomic E-state index is 0.0249. The topological polar surface area (TPSA) is 104 Å². The molecule has 1 fully saturated rings. The van der Waals surface area contributed by atoms with Crippen molar-refractivity contribution in [1.82, 2.24) is 25.1 Å². The third kappa shape index (κ3) is 4.97. The quantitative estimate of drug-likeness (QED) is 0.655. The van der Waals surface area contributed by atoms with Crippen molar-refractivity contribution in [1.29, 1.82) is 0 Å². The maximum Gasteiger partial charge on any atom is 0.253 e. The van der Waals surface area contributed by atoms with Crippen molar-refractivity contribution in [2.24, 2.45) is 0 Å². The molecule has 3 N–H and O–H groups in total. The van der Waals surface area contributed by atoms with Gasteiger partial charge in [-0.1, -0.05) is 24.3 Å². The number of nitrogens with one attached hydrogen (secondary N) is 1. The molecule has 0 aliphatic carbocycles. The Labute approximate surface area is 181 Å². The average Bonchev–Trinajstić information content (AvgIpc) is 2.78. The summed E-state index contributed by atoms with van der Waals surface area (Å²) in [5.74, 6) is 1.15. The van der Waals surface area contributed by atoms with E-state index in [1.54, 1.807) is 0 Å². The van der Waals surface area contributed by atoms with Gasteiger partial charge in [0.2, 0.25) is 5.91 Å². The SMILES string of the molecule is CC(=O)NCc1ccc(C(=O)N2CCN(Cc3nc(N)c4ccccc4n3)CC2)cc1. The number of fused-ring (bicyclic) bond motifs is 1. The highest BCUT2D eigenvalue weighted by atomic mass is 16.2. The smallest absolute Gasteiger partial charge is 0.253 e. The number of carbonyl (C=O) groups is 2. The molecule has 1 aliphatic rings. The van der Waals surface area contributed by atoms with Crippen molar-refractivity contribution in [3.8, 4) is 0 Å². The fraction of sp³-hybridized carbons (Fsp3) is 0.304. The molecule has 1 saturated heterocycles. The summed E-state index contributed by atoms with van der Waals surface area (Å²) in [6, 6.07) is 15.1. The Kier molecular flexibility index (Phi) is 6.08. The first-order valence-electron chi connectivity index (χ1n) is 10.4. The van der Waals surface area contributed by atoms with E-state index < -0.39 is 0 Å². The van der Waals surface area contributed by atoms with Gasteiger partial charge in [-0.2, -0.15) is 0 Å². The van der Waals surface area contributed by atoms with E-state index in [2.05, 4.69) is 20.2 Å². The minimum atomic E-state index is -0.0743. The van der Waals surface area contributed by atoms with E-state index in [0.29, 0.717) is 43.4 Å². The molecule has 4 rings (SSSR count). The van der Waals surface area contributed by atoms with Gasteiger partial charge in [0.05, 0.1) is 12.1 Å². The maximum absolute atomic E-state index is 12.8. The van der Waals surface area contributed by atoms with Crippen molar-refractivity contribution in [2.45, 2.75) is 20.0 Å². The van der Waals surface area contributed by atoms with Crippen LogP contribution in [0.25, 0.3) is 10.9 Å². The Morgan fingerprint density at radius 2 is 1.71 bits per heavy atom. The fourth-order valence-corrected chi connectivity index (χ4v) is 3.71. The number of para-hydroxylation sites is 1. The van der Waals surface area contributed by atoms with Crippen LogP contribution in [-0.2, 0) is 17.9 Å². The van der Waals surface area contributed by atoms with Crippen LogP contribution in [0.5, 0.6) is 0 Å². The van der Waals surface area contributed by atoms with E-state index in [4.69, 9.17) is 5.73 Å². The summed E-state index contributed by atoms with van der Waals surface area (Å²) in [6.45, 7) is 5.35. The highest BCUT2D eigenvalue weighted by molar-refractivity contribution is 5.94. The number of piperazine rings is 1. The second-order valence-corrected chi connectivity index (χ2v) is 7.72. The van der Waals surface area contributed by atoms with Crippen LogP contribution in [0.1, 0.15) is 28.7 Å². The van der Waals surface area contributed by atoms with Gasteiger partial charge in [0.15, 0.2) is 0 Å². The lowest BCUT2D eigenvalue weighted by molar-refractivity contribution is -0.119. The third-order valence-electron chi connectivity index (χ3n) is 5.45. The van der Waals surface area contributed by atoms with Crippen LogP contribution < -0.4 is 11.1 Å². The van der Waals surface area contributed by atoms with E-state index >= 15 is 0 Å². The monoisotopic (exact) mass is 418 g/mol. The average molecular weight is 419 g/mol. The molecule has 2 amide bonds. The summed E-state index contributed by atoms with van der Waals surface area (Å²) in [5.41, 5.74) is 8.56. The van der Waals surface area contributed by atoms with Gasteiger partial charge in [0.25, 0.3) is 5.91 Å². The largest absolute Gasteiger partial charge is 0.383 e. The molecule has 3 aromatic rings. The summed E-state index contributed by atoms with van der Waals surface area (Å²) in [5, 5.41) is 3.62. The molecule has 0 spiro atoms. The number of hydrogen-bond donors (Lipinski definition) is 2. The molecule has 0 unspecified atom stereocenters. The zero-order chi connectivity index (χ0) is 21.8. The Morgan fingerprint density at radius 1 is 1.00 bits per heavy atom. The van der Waals surface area contributed by atoms with Gasteiger partial charge in [-0.25, -0.2) is 9.97 Å². The van der Waals surface area contributed by atoms with Crippen LogP contribution in [0.15, 0.2) is 48.5 Å². The Morgan fingerprint density at radius 3 is 2.42 bits per heavy atom. The predicted molar refractivity (Wildman–Crippen MR) is 119 cm³/mol. The highest BCUT2D eigenvalue weighted by Gasteiger charge is 2.23. The number of nitrogens with two attached hydrogens (primary N) is 1. The van der Waals surface area contributed by atoms with Crippen LogP contribution >= 0.6 is 0 Å². The van der Waals surface area contributed by atoms with Gasteiger partial charge in [0, 0.05) is 50.6 Å². The van der Waals surface area contributed by atoms with Crippen molar-refractivity contribution in [3.05, 3.63) is 65.5 Å². The molecule has 8 heteroatoms. The Balaban J connectivity index is 1.33. The lowest BCUT2D eigenvalue weighted by Crippen LogP contribution is -2.48. The molecule has 0 saturated carbocycles. The third-order valence-corrected chi connectivity index (χ3v) is 5.45. The minimum Gasteiger partial charge on any atom is -0.383 e. The molecule has 0 radical (unpaired) electrons. The number of benzene rings is 2. The number of nitrogen functional groups attached to an aromatic ring is 1. The molecule has 1 aliphatic heterocycles. The molecule has 2 heterocycles. The Bertz CT molecular complexity index is 1090. The zero-order valence-electron chi connectivity index (χ0n) is 17.5. The first-order chi connectivity index (χ1) is 15.0. The summed E-state index contributed by atoms with van der Waals surface area (Å²) < 4.78 is 0. The maximum atomic E-state index is 12.8. The molecule has 31 heavy (non-hydrogen) atoms. The van der Waals surface area contributed by atoms with Crippen LogP contribution in [-0.4, -0.2) is 57.8 Å². The standard InChI is InChI=1S/C23H26N6O2/c1-16(30)25-14-17-6-8-18(9-7-17)23(31)29-12-10-28(11-13-29)15-21-26-20-5-3-2-4-19(20)22(24)27-21/h2-9H,10-15H2,1H3,(H,25,30)(H2,24,26,27). The number of rotatable bonds is 5. The number of amides is 2. The van der Waals surface area contributed by atoms with E-state index in [9.17, 15) is 9.59 Å². The highest BCUT2D eigenvalue weighted by Crippen LogP contribution is 2.18. The normalized spacial score (nSPS) is 14.5. The van der Waals surface area contributed by atoms with E-state index in [-0.39, 0.29) is 11.8 Å². The van der Waals surface area contributed by atoms with Crippen LogP contribution in [0.2, 0.25) is 0 Å². The number of nitrogens with zero attached hydrogens (tertiary/aromatic N) is 4. The lowest BCUT2D eigenvalue weighted by Gasteiger charge is -2.34. The predicted octanol–water partition coefficient (Wildman–Crippen LogP) is 1.81. The molecule has 0 atom stereocenters. The molecule has 160 valence electrons. The first kappa shape index (κ1) is 20.7. The van der Waals surface area contributed by atoms with Crippen molar-refractivity contribution >= 4 is 28.5 Å². The summed E-state index contributed by atoms with van der Waals surface area (Å²) in [7, 11) is 0. The van der Waals surface area contributed by atoms with Crippen molar-refractivity contribution in [2.75, 3.05) is 31.9 Å². The van der Waals surface area contributed by atoms with E-state index in [1.165, 1.54) is 6.92 Å². The molecular weight excluding hydrogens is 392 g/mol. The lowest BCUT2D eigenvalue weighted by atomic mass is 10.1. The molecule has 0 bridgehead atoms. The number of hydrogen-bond acceptors (Lipinski definition) is 6. The van der Waals surface area contributed by atoms with Gasteiger partial charge < -0.3 is 16.0 Å². The van der Waals surface area contributed by atoms with Gasteiger partial charge in [-0.05, 0) is 29.8 Å². The summed E-state index contributed by atoms with van der Waals surface area (Å²) in [6.07, 6.45) is 0. The summed E-state index contributed by atoms with van der Waals surface area (Å²) in [4.78, 5) is 37.0. The van der Waals surface area contributed by atoms with Crippen molar-refractivity contribution in [3.63, 3.8) is 0 Å². The van der Waals surface area contributed by atoms with Crippen LogP contribution in [0, 0.1) is 0 Å². The molecule has 2 aromatic carbocycles. The molecule has 8 nitrogen and oxygen atoms in total. The van der Waals surface area contributed by atoms with E-state index in [0.717, 1.165) is 29.6 Å². The van der Waals surface area contributed by atoms with Crippen molar-refractivity contribution < 1.29 is 9.59 Å². The van der Waals surface area contributed by atoms with E-state index in [1.807, 2.05) is 53.4 Å². The van der Waals surface area contributed by atoms with Gasteiger partial charge in [0.1, 0.15) is 11.6 Å². The van der Waals surface area contributed by atoms with Gasteiger partial charge in [-0.3, -0.25) is 14.5 Å².